The zero-order chi connectivity index (χ0) is 26.0. The van der Waals surface area contributed by atoms with Crippen molar-refractivity contribution in [2.45, 2.75) is 33.2 Å². The second-order valence-corrected chi connectivity index (χ2v) is 8.93. The van der Waals surface area contributed by atoms with E-state index in [1.165, 1.54) is 6.20 Å². The molecule has 0 unspecified atom stereocenters. The van der Waals surface area contributed by atoms with Gasteiger partial charge in [0.25, 0.3) is 5.91 Å². The Bertz CT molecular complexity index is 1200. The number of halogens is 1. The standard InChI is InChI=1S/C27H32ClN5O4/c1-3-12-36-23-8-7-21(25(24(23)28)37-13-4-2)22-16-20(18-31-32-22)27(34)30-17-19-6-5-9-29-26(19)33-10-14-35-15-11-33/h5-9,16,18H,3-4,10-15,17H2,1-2H3,(H,30,34). The third kappa shape index (κ3) is 6.67. The zero-order valence-electron chi connectivity index (χ0n) is 21.2. The smallest absolute Gasteiger partial charge is 0.253 e. The Kier molecular flexibility index (Phi) is 9.51. The summed E-state index contributed by atoms with van der Waals surface area (Å²) in [5, 5.41) is 11.7. The van der Waals surface area contributed by atoms with E-state index in [1.807, 2.05) is 32.0 Å². The maximum atomic E-state index is 13.1. The highest BCUT2D eigenvalue weighted by atomic mass is 35.5. The first kappa shape index (κ1) is 26.6. The quantitative estimate of drug-likeness (QED) is 0.389. The predicted molar refractivity (Wildman–Crippen MR) is 142 cm³/mol. The van der Waals surface area contributed by atoms with Crippen LogP contribution < -0.4 is 19.7 Å². The van der Waals surface area contributed by atoms with Crippen LogP contribution in [0.25, 0.3) is 11.3 Å². The second kappa shape index (κ2) is 13.2. The molecule has 1 aliphatic rings. The molecule has 0 radical (unpaired) electrons. The number of carbonyl (C=O) groups excluding carboxylic acids is 1. The average Bonchev–Trinajstić information content (AvgIpc) is 2.95. The summed E-state index contributed by atoms with van der Waals surface area (Å²) >= 11 is 6.64. The SMILES string of the molecule is CCCOc1ccc(-c2cc(C(=O)NCc3cccnc3N3CCOCC3)cnn2)c(OCCC)c1Cl. The monoisotopic (exact) mass is 525 g/mol. The van der Waals surface area contributed by atoms with Gasteiger partial charge in [-0.05, 0) is 37.1 Å². The number of carbonyl (C=O) groups is 1. The van der Waals surface area contributed by atoms with E-state index < -0.39 is 0 Å². The molecule has 37 heavy (non-hydrogen) atoms. The molecule has 10 heteroatoms. The second-order valence-electron chi connectivity index (χ2n) is 8.55. The third-order valence-electron chi connectivity index (χ3n) is 5.78. The molecule has 2 aromatic heterocycles. The van der Waals surface area contributed by atoms with Crippen LogP contribution >= 0.6 is 11.6 Å². The molecule has 0 atom stereocenters. The lowest BCUT2D eigenvalue weighted by molar-refractivity contribution is 0.0950. The summed E-state index contributed by atoms with van der Waals surface area (Å²) in [6.07, 6.45) is 4.87. The van der Waals surface area contributed by atoms with E-state index in [9.17, 15) is 4.79 Å². The van der Waals surface area contributed by atoms with E-state index in [4.69, 9.17) is 25.8 Å². The Labute approximate surface area is 222 Å². The van der Waals surface area contributed by atoms with Crippen LogP contribution in [0, 0.1) is 0 Å². The number of pyridine rings is 1. The lowest BCUT2D eigenvalue weighted by Gasteiger charge is -2.29. The van der Waals surface area contributed by atoms with Gasteiger partial charge in [0, 0.05) is 37.0 Å². The summed E-state index contributed by atoms with van der Waals surface area (Å²) in [5.41, 5.74) is 2.44. The average molecular weight is 526 g/mol. The number of nitrogens with one attached hydrogen (secondary N) is 1. The van der Waals surface area contributed by atoms with Gasteiger partial charge in [0.1, 0.15) is 16.6 Å². The number of amides is 1. The molecule has 1 aliphatic heterocycles. The number of rotatable bonds is 11. The van der Waals surface area contributed by atoms with E-state index in [2.05, 4.69) is 25.4 Å². The molecule has 0 bridgehead atoms. The van der Waals surface area contributed by atoms with Gasteiger partial charge in [-0.25, -0.2) is 4.98 Å². The minimum Gasteiger partial charge on any atom is -0.492 e. The zero-order valence-corrected chi connectivity index (χ0v) is 22.0. The molecule has 9 nitrogen and oxygen atoms in total. The lowest BCUT2D eigenvalue weighted by Crippen LogP contribution is -2.37. The lowest BCUT2D eigenvalue weighted by atomic mass is 10.1. The van der Waals surface area contributed by atoms with Gasteiger partial charge in [-0.1, -0.05) is 31.5 Å². The number of aromatic nitrogens is 3. The number of anilines is 1. The van der Waals surface area contributed by atoms with Crippen LogP contribution in [0.2, 0.25) is 5.02 Å². The van der Waals surface area contributed by atoms with Crippen molar-refractivity contribution in [3.8, 4) is 22.8 Å². The van der Waals surface area contributed by atoms with E-state index in [1.54, 1.807) is 18.3 Å². The van der Waals surface area contributed by atoms with Crippen LogP contribution in [0.5, 0.6) is 11.5 Å². The molecule has 3 aromatic rings. The van der Waals surface area contributed by atoms with Gasteiger partial charge >= 0.3 is 0 Å². The molecule has 3 heterocycles. The Morgan fingerprint density at radius 2 is 1.92 bits per heavy atom. The first-order valence-corrected chi connectivity index (χ1v) is 13.0. The van der Waals surface area contributed by atoms with Crippen molar-refractivity contribution >= 4 is 23.3 Å². The molecule has 1 saturated heterocycles. The van der Waals surface area contributed by atoms with Crippen molar-refractivity contribution in [2.24, 2.45) is 0 Å². The van der Waals surface area contributed by atoms with Crippen molar-refractivity contribution in [2.75, 3.05) is 44.4 Å². The van der Waals surface area contributed by atoms with Crippen molar-refractivity contribution in [1.82, 2.24) is 20.5 Å². The fourth-order valence-electron chi connectivity index (χ4n) is 3.94. The molecule has 0 aliphatic carbocycles. The maximum Gasteiger partial charge on any atom is 0.253 e. The highest BCUT2D eigenvalue weighted by Gasteiger charge is 2.20. The molecule has 4 rings (SSSR count). The first-order valence-electron chi connectivity index (χ1n) is 12.6. The number of benzene rings is 1. The Morgan fingerprint density at radius 3 is 2.70 bits per heavy atom. The van der Waals surface area contributed by atoms with Crippen LogP contribution in [0.1, 0.15) is 42.6 Å². The Hall–Kier alpha value is -3.43. The molecular weight excluding hydrogens is 494 g/mol. The fraction of sp³-hybridized carbons (Fsp3) is 0.407. The Balaban J connectivity index is 1.53. The van der Waals surface area contributed by atoms with E-state index >= 15 is 0 Å². The third-order valence-corrected chi connectivity index (χ3v) is 6.14. The van der Waals surface area contributed by atoms with Crippen molar-refractivity contribution in [3.05, 3.63) is 58.9 Å². The highest BCUT2D eigenvalue weighted by molar-refractivity contribution is 6.34. The Morgan fingerprint density at radius 1 is 1.14 bits per heavy atom. The van der Waals surface area contributed by atoms with Crippen LogP contribution in [0.15, 0.2) is 42.7 Å². The molecular formula is C27H32ClN5O4. The number of hydrogen-bond acceptors (Lipinski definition) is 8. The number of ether oxygens (including phenoxy) is 3. The van der Waals surface area contributed by atoms with E-state index in [0.717, 1.165) is 37.3 Å². The summed E-state index contributed by atoms with van der Waals surface area (Å²) in [7, 11) is 0. The van der Waals surface area contributed by atoms with E-state index in [-0.39, 0.29) is 5.91 Å². The van der Waals surface area contributed by atoms with Crippen LogP contribution in [0.4, 0.5) is 5.82 Å². The van der Waals surface area contributed by atoms with Crippen LogP contribution in [-0.4, -0.2) is 60.6 Å². The minimum absolute atomic E-state index is 0.266. The summed E-state index contributed by atoms with van der Waals surface area (Å²) in [4.78, 5) is 19.8. The van der Waals surface area contributed by atoms with Gasteiger partial charge in [0.2, 0.25) is 0 Å². The molecule has 196 valence electrons. The molecule has 0 spiro atoms. The molecule has 0 saturated carbocycles. The minimum atomic E-state index is -0.266. The van der Waals surface area contributed by atoms with Gasteiger partial charge in [-0.15, -0.1) is 0 Å². The van der Waals surface area contributed by atoms with Gasteiger partial charge in [0.15, 0.2) is 5.75 Å². The van der Waals surface area contributed by atoms with Gasteiger partial charge < -0.3 is 24.4 Å². The number of nitrogens with zero attached hydrogens (tertiary/aromatic N) is 4. The summed E-state index contributed by atoms with van der Waals surface area (Å²) < 4.78 is 17.2. The van der Waals surface area contributed by atoms with Crippen molar-refractivity contribution in [3.63, 3.8) is 0 Å². The van der Waals surface area contributed by atoms with E-state index in [0.29, 0.717) is 66.3 Å². The van der Waals surface area contributed by atoms with Gasteiger partial charge in [0.05, 0.1) is 43.9 Å². The number of hydrogen-bond donors (Lipinski definition) is 1. The van der Waals surface area contributed by atoms with Crippen LogP contribution in [0.3, 0.4) is 0 Å². The molecule has 1 amide bonds. The van der Waals surface area contributed by atoms with Crippen molar-refractivity contribution in [1.29, 1.82) is 0 Å². The summed E-state index contributed by atoms with van der Waals surface area (Å²) in [6, 6.07) is 9.14. The van der Waals surface area contributed by atoms with Crippen molar-refractivity contribution < 1.29 is 19.0 Å². The fourth-order valence-corrected chi connectivity index (χ4v) is 4.21. The molecule has 1 aromatic carbocycles. The van der Waals surface area contributed by atoms with Gasteiger partial charge in [-0.2, -0.15) is 10.2 Å². The van der Waals surface area contributed by atoms with Crippen LogP contribution in [-0.2, 0) is 11.3 Å². The molecule has 1 N–H and O–H groups in total. The first-order chi connectivity index (χ1) is 18.1. The summed E-state index contributed by atoms with van der Waals surface area (Å²) in [5.74, 6) is 1.61. The summed E-state index contributed by atoms with van der Waals surface area (Å²) in [6.45, 7) is 8.26. The normalized spacial score (nSPS) is 13.3. The highest BCUT2D eigenvalue weighted by Crippen LogP contribution is 2.41. The molecule has 1 fully saturated rings. The predicted octanol–water partition coefficient (Wildman–Crippen LogP) is 4.54. The maximum absolute atomic E-state index is 13.1. The largest absolute Gasteiger partial charge is 0.492 e. The number of morpholine rings is 1. The van der Waals surface area contributed by atoms with Gasteiger partial charge in [-0.3, -0.25) is 4.79 Å². The topological polar surface area (TPSA) is 98.7 Å².